The summed E-state index contributed by atoms with van der Waals surface area (Å²) in [5.41, 5.74) is -0.988. The summed E-state index contributed by atoms with van der Waals surface area (Å²) in [6.07, 6.45) is -3.01. The minimum absolute atomic E-state index is 0.132. The molecule has 0 radical (unpaired) electrons. The van der Waals surface area contributed by atoms with Crippen LogP contribution in [0.3, 0.4) is 0 Å². The van der Waals surface area contributed by atoms with E-state index in [9.17, 15) is 22.8 Å². The van der Waals surface area contributed by atoms with Crippen molar-refractivity contribution in [1.29, 1.82) is 0 Å². The van der Waals surface area contributed by atoms with Crippen LogP contribution in [0, 0.1) is 0 Å². The van der Waals surface area contributed by atoms with Crippen LogP contribution in [-0.2, 0) is 22.3 Å². The number of amides is 1. The first-order valence-corrected chi connectivity index (χ1v) is 11.4. The fourth-order valence-corrected chi connectivity index (χ4v) is 4.59. The Morgan fingerprint density at radius 3 is 2.70 bits per heavy atom. The lowest BCUT2D eigenvalue weighted by Crippen LogP contribution is -2.30. The highest BCUT2D eigenvalue weighted by atomic mass is 32.2. The van der Waals surface area contributed by atoms with Gasteiger partial charge in [0, 0.05) is 6.61 Å². The predicted molar refractivity (Wildman–Crippen MR) is 120 cm³/mol. The number of nitrogens with zero attached hydrogens (tertiary/aromatic N) is 2. The molecule has 3 aromatic rings. The summed E-state index contributed by atoms with van der Waals surface area (Å²) in [4.78, 5) is 30.5. The van der Waals surface area contributed by atoms with Gasteiger partial charge in [0.1, 0.15) is 0 Å². The molecule has 33 heavy (non-hydrogen) atoms. The number of benzene rings is 2. The Hall–Kier alpha value is -2.85. The first-order valence-electron chi connectivity index (χ1n) is 10.5. The zero-order chi connectivity index (χ0) is 23.6. The summed E-state index contributed by atoms with van der Waals surface area (Å²) in [5, 5.41) is 2.33. The number of nitrogens with one attached hydrogen (secondary N) is 1. The van der Waals surface area contributed by atoms with Crippen molar-refractivity contribution < 1.29 is 22.7 Å². The lowest BCUT2D eigenvalue weighted by atomic mass is 10.1. The van der Waals surface area contributed by atoms with Crippen molar-refractivity contribution in [3.05, 3.63) is 64.4 Å². The molecular formula is C23H22F3N3O3S. The molecule has 1 saturated heterocycles. The summed E-state index contributed by atoms with van der Waals surface area (Å²) in [6.45, 7) is 2.48. The standard InChI is InChI=1S/C23H22F3N3O3S/c1-14(20(30)27-19-11-5-3-9-17(19)23(24,25)26)33-22-28-18-10-4-2-8-16(18)21(31)29(22)13-15-7-6-12-32-15/h2-5,8-11,14-15H,6-7,12-13H2,1H3,(H,27,30). The third-order valence-corrected chi connectivity index (χ3v) is 6.47. The predicted octanol–water partition coefficient (Wildman–Crippen LogP) is 4.71. The van der Waals surface area contributed by atoms with Gasteiger partial charge in [-0.1, -0.05) is 36.0 Å². The SMILES string of the molecule is CC(Sc1nc2ccccc2c(=O)n1CC1CCCO1)C(=O)Nc1ccccc1C(F)(F)F. The molecule has 0 spiro atoms. The highest BCUT2D eigenvalue weighted by Crippen LogP contribution is 2.35. The number of anilines is 1. The van der Waals surface area contributed by atoms with Gasteiger partial charge in [0.2, 0.25) is 5.91 Å². The van der Waals surface area contributed by atoms with Crippen molar-refractivity contribution >= 4 is 34.3 Å². The van der Waals surface area contributed by atoms with Crippen molar-refractivity contribution in [3.63, 3.8) is 0 Å². The lowest BCUT2D eigenvalue weighted by Gasteiger charge is -2.19. The Morgan fingerprint density at radius 2 is 1.97 bits per heavy atom. The monoisotopic (exact) mass is 477 g/mol. The van der Waals surface area contributed by atoms with Crippen molar-refractivity contribution in [1.82, 2.24) is 9.55 Å². The highest BCUT2D eigenvalue weighted by Gasteiger charge is 2.34. The van der Waals surface area contributed by atoms with Crippen LogP contribution in [0.2, 0.25) is 0 Å². The number of thioether (sulfide) groups is 1. The molecule has 10 heteroatoms. The van der Waals surface area contributed by atoms with Crippen molar-refractivity contribution in [2.75, 3.05) is 11.9 Å². The molecule has 1 amide bonds. The van der Waals surface area contributed by atoms with Crippen LogP contribution in [0.15, 0.2) is 58.5 Å². The average molecular weight is 478 g/mol. The van der Waals surface area contributed by atoms with Gasteiger partial charge < -0.3 is 10.1 Å². The summed E-state index contributed by atoms with van der Waals surface area (Å²) >= 11 is 1.03. The summed E-state index contributed by atoms with van der Waals surface area (Å²) < 4.78 is 47.0. The van der Waals surface area contributed by atoms with Crippen molar-refractivity contribution in [2.24, 2.45) is 0 Å². The molecule has 174 valence electrons. The van der Waals surface area contributed by atoms with Crippen LogP contribution >= 0.6 is 11.8 Å². The quantitative estimate of drug-likeness (QED) is 0.411. The number of hydrogen-bond donors (Lipinski definition) is 1. The molecule has 2 unspecified atom stereocenters. The number of carbonyl (C=O) groups excluding carboxylic acids is 1. The number of hydrogen-bond acceptors (Lipinski definition) is 5. The highest BCUT2D eigenvalue weighted by molar-refractivity contribution is 8.00. The molecule has 2 atom stereocenters. The van der Waals surface area contributed by atoms with Gasteiger partial charge in [-0.25, -0.2) is 4.98 Å². The van der Waals surface area contributed by atoms with Crippen molar-refractivity contribution in [3.8, 4) is 0 Å². The maximum absolute atomic E-state index is 13.3. The molecule has 1 aliphatic rings. The van der Waals surface area contributed by atoms with Crippen LogP contribution in [0.1, 0.15) is 25.3 Å². The minimum atomic E-state index is -4.60. The zero-order valence-electron chi connectivity index (χ0n) is 17.8. The van der Waals surface area contributed by atoms with Gasteiger partial charge in [-0.15, -0.1) is 0 Å². The van der Waals surface area contributed by atoms with E-state index in [1.165, 1.54) is 22.8 Å². The van der Waals surface area contributed by atoms with E-state index in [0.717, 1.165) is 30.7 Å². The van der Waals surface area contributed by atoms with Crippen LogP contribution in [0.5, 0.6) is 0 Å². The fourth-order valence-electron chi connectivity index (χ4n) is 3.68. The molecule has 0 bridgehead atoms. The molecule has 0 saturated carbocycles. The molecule has 0 aliphatic carbocycles. The van der Waals surface area contributed by atoms with Gasteiger partial charge in [-0.3, -0.25) is 14.2 Å². The number of ether oxygens (including phenoxy) is 1. The average Bonchev–Trinajstić information content (AvgIpc) is 3.29. The number of carbonyl (C=O) groups is 1. The van der Waals surface area contributed by atoms with E-state index in [0.29, 0.717) is 29.2 Å². The van der Waals surface area contributed by atoms with Gasteiger partial charge in [0.25, 0.3) is 5.56 Å². The maximum atomic E-state index is 13.3. The topological polar surface area (TPSA) is 73.2 Å². The largest absolute Gasteiger partial charge is 0.418 e. The molecule has 1 fully saturated rings. The summed E-state index contributed by atoms with van der Waals surface area (Å²) in [5.74, 6) is -0.622. The van der Waals surface area contributed by atoms with Gasteiger partial charge >= 0.3 is 6.18 Å². The first kappa shape index (κ1) is 23.3. The number of halogens is 3. The molecular weight excluding hydrogens is 455 g/mol. The maximum Gasteiger partial charge on any atom is 0.418 e. The molecule has 2 heterocycles. The molecule has 4 rings (SSSR count). The Bertz CT molecular complexity index is 1220. The Morgan fingerprint density at radius 1 is 1.24 bits per heavy atom. The van der Waals surface area contributed by atoms with Crippen LogP contribution in [0.25, 0.3) is 10.9 Å². The minimum Gasteiger partial charge on any atom is -0.376 e. The van der Waals surface area contributed by atoms with Crippen LogP contribution in [-0.4, -0.2) is 33.4 Å². The molecule has 1 N–H and O–H groups in total. The Kier molecular flexibility index (Phi) is 6.76. The van der Waals surface area contributed by atoms with Crippen molar-refractivity contribution in [2.45, 2.75) is 49.0 Å². The van der Waals surface area contributed by atoms with E-state index >= 15 is 0 Å². The van der Waals surface area contributed by atoms with E-state index in [1.807, 2.05) is 0 Å². The lowest BCUT2D eigenvalue weighted by molar-refractivity contribution is -0.137. The fraction of sp³-hybridized carbons (Fsp3) is 0.348. The Balaban J connectivity index is 1.61. The van der Waals surface area contributed by atoms with Gasteiger partial charge in [-0.05, 0) is 44.0 Å². The second kappa shape index (κ2) is 9.56. The van der Waals surface area contributed by atoms with Crippen LogP contribution in [0.4, 0.5) is 18.9 Å². The number of aromatic nitrogens is 2. The number of para-hydroxylation sites is 2. The van der Waals surface area contributed by atoms with Gasteiger partial charge in [-0.2, -0.15) is 13.2 Å². The van der Waals surface area contributed by atoms with E-state index in [4.69, 9.17) is 4.74 Å². The molecule has 2 aromatic carbocycles. The summed E-state index contributed by atoms with van der Waals surface area (Å²) in [7, 11) is 0. The third kappa shape index (κ3) is 5.22. The number of rotatable bonds is 6. The normalized spacial score (nSPS) is 17.3. The van der Waals surface area contributed by atoms with Gasteiger partial charge in [0.05, 0.1) is 40.1 Å². The summed E-state index contributed by atoms with van der Waals surface area (Å²) in [6, 6.07) is 11.7. The van der Waals surface area contributed by atoms with Crippen LogP contribution < -0.4 is 10.9 Å². The molecule has 1 aliphatic heterocycles. The number of fused-ring (bicyclic) bond motifs is 1. The zero-order valence-corrected chi connectivity index (χ0v) is 18.6. The van der Waals surface area contributed by atoms with E-state index in [1.54, 1.807) is 31.2 Å². The second-order valence-electron chi connectivity index (χ2n) is 7.75. The smallest absolute Gasteiger partial charge is 0.376 e. The van der Waals surface area contributed by atoms with E-state index in [-0.39, 0.29) is 17.4 Å². The third-order valence-electron chi connectivity index (χ3n) is 5.38. The van der Waals surface area contributed by atoms with E-state index in [2.05, 4.69) is 10.3 Å². The number of alkyl halides is 3. The molecule has 1 aromatic heterocycles. The Labute approximate surface area is 192 Å². The van der Waals surface area contributed by atoms with Gasteiger partial charge in [0.15, 0.2) is 5.16 Å². The van der Waals surface area contributed by atoms with E-state index < -0.39 is 22.9 Å². The molecule has 6 nitrogen and oxygen atoms in total. The second-order valence-corrected chi connectivity index (χ2v) is 9.06. The first-order chi connectivity index (χ1) is 15.7.